The van der Waals surface area contributed by atoms with E-state index in [-0.39, 0.29) is 23.9 Å². The Morgan fingerprint density at radius 2 is 1.97 bits per heavy atom. The van der Waals surface area contributed by atoms with Gasteiger partial charge in [-0.05, 0) is 49.1 Å². The van der Waals surface area contributed by atoms with E-state index in [4.69, 9.17) is 9.47 Å². The molecule has 3 unspecified atom stereocenters. The first-order valence-corrected chi connectivity index (χ1v) is 10.1. The molecule has 2 aliphatic rings. The summed E-state index contributed by atoms with van der Waals surface area (Å²) < 4.78 is 10.9. The van der Waals surface area contributed by atoms with Gasteiger partial charge in [-0.15, -0.1) is 0 Å². The minimum absolute atomic E-state index is 0.00683. The second kappa shape index (κ2) is 8.80. The van der Waals surface area contributed by atoms with Crippen LogP contribution in [-0.2, 0) is 0 Å². The standard InChI is InChI=1S/C22H28N4O3/c1-28-19-8-5-6-16(21(19)29-2)22(27)26-13-4-3-7-18(26)20-17(14-24-25-20)15-9-11-23-12-10-15/h5-6,8-12,17-18,20,24-25H,3-4,7,13-14H2,1-2H3. The number of carbonyl (C=O) groups is 1. The number of aromatic nitrogens is 1. The van der Waals surface area contributed by atoms with Crippen LogP contribution in [0.15, 0.2) is 42.7 Å². The molecule has 4 rings (SSSR count). The van der Waals surface area contributed by atoms with Gasteiger partial charge in [0.2, 0.25) is 0 Å². The van der Waals surface area contributed by atoms with E-state index >= 15 is 0 Å². The van der Waals surface area contributed by atoms with Crippen molar-refractivity contribution in [2.45, 2.75) is 37.3 Å². The van der Waals surface area contributed by atoms with Crippen LogP contribution in [0.25, 0.3) is 0 Å². The quantitative estimate of drug-likeness (QED) is 0.808. The lowest BCUT2D eigenvalue weighted by Crippen LogP contribution is -2.55. The first-order valence-electron chi connectivity index (χ1n) is 10.1. The SMILES string of the molecule is COc1cccc(C(=O)N2CCCCC2C2NNCC2c2ccncc2)c1OC. The number of nitrogens with one attached hydrogen (secondary N) is 2. The molecule has 3 heterocycles. The summed E-state index contributed by atoms with van der Waals surface area (Å²) >= 11 is 0. The number of rotatable bonds is 5. The Hall–Kier alpha value is -2.64. The van der Waals surface area contributed by atoms with Crippen molar-refractivity contribution in [3.8, 4) is 11.5 Å². The van der Waals surface area contributed by atoms with Gasteiger partial charge in [0.15, 0.2) is 11.5 Å². The van der Waals surface area contributed by atoms with Crippen molar-refractivity contribution >= 4 is 5.91 Å². The van der Waals surface area contributed by atoms with E-state index in [2.05, 4.69) is 28.0 Å². The van der Waals surface area contributed by atoms with Crippen LogP contribution in [0.1, 0.15) is 41.1 Å². The van der Waals surface area contributed by atoms with Gasteiger partial charge in [-0.2, -0.15) is 0 Å². The maximum absolute atomic E-state index is 13.6. The lowest BCUT2D eigenvalue weighted by molar-refractivity contribution is 0.0546. The number of amides is 1. The van der Waals surface area contributed by atoms with Gasteiger partial charge in [0.25, 0.3) is 5.91 Å². The maximum atomic E-state index is 13.6. The molecule has 29 heavy (non-hydrogen) atoms. The van der Waals surface area contributed by atoms with E-state index in [1.54, 1.807) is 14.2 Å². The molecule has 1 aromatic carbocycles. The van der Waals surface area contributed by atoms with Gasteiger partial charge in [0.05, 0.1) is 19.8 Å². The number of pyridine rings is 1. The fourth-order valence-electron chi connectivity index (χ4n) is 4.61. The molecule has 7 heteroatoms. The summed E-state index contributed by atoms with van der Waals surface area (Å²) in [4.78, 5) is 19.7. The molecule has 3 atom stereocenters. The van der Waals surface area contributed by atoms with Gasteiger partial charge in [-0.25, -0.2) is 0 Å². The first-order chi connectivity index (χ1) is 14.2. The van der Waals surface area contributed by atoms with Gasteiger partial charge in [-0.3, -0.25) is 20.6 Å². The third-order valence-corrected chi connectivity index (χ3v) is 6.02. The molecule has 1 amide bonds. The molecule has 2 N–H and O–H groups in total. The zero-order valence-corrected chi connectivity index (χ0v) is 16.9. The van der Waals surface area contributed by atoms with Crippen molar-refractivity contribution < 1.29 is 14.3 Å². The van der Waals surface area contributed by atoms with Crippen LogP contribution >= 0.6 is 0 Å². The summed E-state index contributed by atoms with van der Waals surface area (Å²) in [5.74, 6) is 1.34. The van der Waals surface area contributed by atoms with Gasteiger partial charge in [-0.1, -0.05) is 6.07 Å². The summed E-state index contributed by atoms with van der Waals surface area (Å²) in [6.45, 7) is 1.57. The number of hydrogen-bond donors (Lipinski definition) is 2. The van der Waals surface area contributed by atoms with Crippen LogP contribution in [0.4, 0.5) is 0 Å². The molecule has 2 aromatic rings. The molecular weight excluding hydrogens is 368 g/mol. The monoisotopic (exact) mass is 396 g/mol. The molecular formula is C22H28N4O3. The number of nitrogens with zero attached hydrogens (tertiary/aromatic N) is 2. The Morgan fingerprint density at radius 1 is 1.14 bits per heavy atom. The van der Waals surface area contributed by atoms with Crippen LogP contribution in [0, 0.1) is 0 Å². The Balaban J connectivity index is 1.64. The average Bonchev–Trinajstić information content (AvgIpc) is 3.28. The van der Waals surface area contributed by atoms with E-state index < -0.39 is 0 Å². The fourth-order valence-corrected chi connectivity index (χ4v) is 4.61. The highest BCUT2D eigenvalue weighted by Crippen LogP contribution is 2.35. The lowest BCUT2D eigenvalue weighted by atomic mass is 9.84. The summed E-state index contributed by atoms with van der Waals surface area (Å²) in [6, 6.07) is 9.82. The summed E-state index contributed by atoms with van der Waals surface area (Å²) in [7, 11) is 3.16. The second-order valence-electron chi connectivity index (χ2n) is 7.54. The van der Waals surface area contributed by atoms with E-state index in [0.717, 1.165) is 32.4 Å². The predicted octanol–water partition coefficient (Wildman–Crippen LogP) is 2.35. The zero-order chi connectivity index (χ0) is 20.2. The normalized spacial score (nSPS) is 24.3. The number of para-hydroxylation sites is 1. The third kappa shape index (κ3) is 3.80. The van der Waals surface area contributed by atoms with E-state index in [0.29, 0.717) is 17.1 Å². The highest BCUT2D eigenvalue weighted by Gasteiger charge is 2.41. The molecule has 2 fully saturated rings. The number of hydrazine groups is 1. The fraction of sp³-hybridized carbons (Fsp3) is 0.455. The van der Waals surface area contributed by atoms with Crippen molar-refractivity contribution in [2.24, 2.45) is 0 Å². The Bertz CT molecular complexity index is 845. The van der Waals surface area contributed by atoms with Crippen molar-refractivity contribution in [3.05, 3.63) is 53.9 Å². The van der Waals surface area contributed by atoms with Crippen molar-refractivity contribution in [3.63, 3.8) is 0 Å². The number of piperidine rings is 1. The molecule has 1 aromatic heterocycles. The smallest absolute Gasteiger partial charge is 0.258 e. The number of methoxy groups -OCH3 is 2. The zero-order valence-electron chi connectivity index (χ0n) is 16.9. The molecule has 154 valence electrons. The first kappa shape index (κ1) is 19.7. The Kier molecular flexibility index (Phi) is 5.97. The molecule has 0 bridgehead atoms. The molecule has 2 saturated heterocycles. The number of hydrogen-bond acceptors (Lipinski definition) is 6. The van der Waals surface area contributed by atoms with Crippen LogP contribution in [-0.4, -0.2) is 55.2 Å². The van der Waals surface area contributed by atoms with Crippen LogP contribution in [0.3, 0.4) is 0 Å². The van der Waals surface area contributed by atoms with Crippen molar-refractivity contribution in [2.75, 3.05) is 27.3 Å². The third-order valence-electron chi connectivity index (χ3n) is 6.02. The molecule has 0 spiro atoms. The highest BCUT2D eigenvalue weighted by molar-refractivity contribution is 5.98. The Morgan fingerprint density at radius 3 is 2.72 bits per heavy atom. The van der Waals surface area contributed by atoms with Crippen molar-refractivity contribution in [1.82, 2.24) is 20.7 Å². The summed E-state index contributed by atoms with van der Waals surface area (Å²) in [6.07, 6.45) is 6.75. The van der Waals surface area contributed by atoms with E-state index in [9.17, 15) is 4.79 Å². The number of benzene rings is 1. The lowest BCUT2D eigenvalue weighted by Gasteiger charge is -2.41. The summed E-state index contributed by atoms with van der Waals surface area (Å²) in [5.41, 5.74) is 8.53. The molecule has 2 aliphatic heterocycles. The van der Waals surface area contributed by atoms with Crippen LogP contribution in [0.5, 0.6) is 11.5 Å². The molecule has 7 nitrogen and oxygen atoms in total. The number of carbonyl (C=O) groups excluding carboxylic acids is 1. The minimum Gasteiger partial charge on any atom is -0.493 e. The largest absolute Gasteiger partial charge is 0.493 e. The van der Waals surface area contributed by atoms with Crippen molar-refractivity contribution in [1.29, 1.82) is 0 Å². The van der Waals surface area contributed by atoms with Gasteiger partial charge >= 0.3 is 0 Å². The predicted molar refractivity (Wildman–Crippen MR) is 110 cm³/mol. The van der Waals surface area contributed by atoms with Crippen LogP contribution < -0.4 is 20.3 Å². The van der Waals surface area contributed by atoms with E-state index in [1.807, 2.05) is 35.5 Å². The van der Waals surface area contributed by atoms with E-state index in [1.165, 1.54) is 5.56 Å². The van der Waals surface area contributed by atoms with Crippen LogP contribution in [0.2, 0.25) is 0 Å². The molecule has 0 aliphatic carbocycles. The molecule has 0 radical (unpaired) electrons. The molecule has 0 saturated carbocycles. The van der Waals surface area contributed by atoms with Gasteiger partial charge in [0, 0.05) is 43.5 Å². The van der Waals surface area contributed by atoms with Gasteiger partial charge in [0.1, 0.15) is 0 Å². The maximum Gasteiger partial charge on any atom is 0.258 e. The minimum atomic E-state index is -0.00683. The topological polar surface area (TPSA) is 75.7 Å². The average molecular weight is 396 g/mol. The number of likely N-dealkylation sites (tertiary alicyclic amines) is 1. The highest BCUT2D eigenvalue weighted by atomic mass is 16.5. The number of ether oxygens (including phenoxy) is 2. The Labute approximate surface area is 171 Å². The summed E-state index contributed by atoms with van der Waals surface area (Å²) in [5, 5.41) is 0. The van der Waals surface area contributed by atoms with Gasteiger partial charge < -0.3 is 14.4 Å². The second-order valence-corrected chi connectivity index (χ2v) is 7.54.